The summed E-state index contributed by atoms with van der Waals surface area (Å²) >= 11 is 6.19. The van der Waals surface area contributed by atoms with Gasteiger partial charge in [0.05, 0.1) is 16.2 Å². The van der Waals surface area contributed by atoms with Gasteiger partial charge in [-0.2, -0.15) is 5.10 Å². The van der Waals surface area contributed by atoms with Gasteiger partial charge in [0.15, 0.2) is 0 Å². The number of aromatic nitrogens is 2. The van der Waals surface area contributed by atoms with Crippen molar-refractivity contribution in [1.82, 2.24) is 15.1 Å². The number of fused-ring (bicyclic) bond motifs is 1. The normalized spacial score (nSPS) is 17.2. The van der Waals surface area contributed by atoms with E-state index in [1.165, 1.54) is 5.57 Å². The minimum atomic E-state index is 0.567. The van der Waals surface area contributed by atoms with Crippen LogP contribution < -0.4 is 0 Å². The number of H-pyrrole nitrogens is 1. The Labute approximate surface area is 118 Å². The van der Waals surface area contributed by atoms with Crippen molar-refractivity contribution in [3.8, 4) is 0 Å². The van der Waals surface area contributed by atoms with E-state index in [1.54, 1.807) is 0 Å². The molecule has 1 aliphatic heterocycles. The first-order chi connectivity index (χ1) is 9.16. The molecule has 0 saturated carbocycles. The highest BCUT2D eigenvalue weighted by Crippen LogP contribution is 2.29. The van der Waals surface area contributed by atoms with Crippen LogP contribution in [0.15, 0.2) is 24.3 Å². The number of hydrogen-bond donors (Lipinski definition) is 1. The Hall–Kier alpha value is -1.32. The van der Waals surface area contributed by atoms with E-state index in [2.05, 4.69) is 41.1 Å². The van der Waals surface area contributed by atoms with Crippen LogP contribution in [0.3, 0.4) is 0 Å². The van der Waals surface area contributed by atoms with E-state index in [4.69, 9.17) is 11.6 Å². The predicted molar refractivity (Wildman–Crippen MR) is 80.4 cm³/mol. The van der Waals surface area contributed by atoms with Crippen LogP contribution in [0.1, 0.15) is 26.0 Å². The smallest absolute Gasteiger partial charge is 0.0969 e. The van der Waals surface area contributed by atoms with E-state index < -0.39 is 0 Å². The molecule has 19 heavy (non-hydrogen) atoms. The molecule has 1 aliphatic rings. The summed E-state index contributed by atoms with van der Waals surface area (Å²) in [5.74, 6) is 0. The minimum Gasteiger partial charge on any atom is -0.296 e. The van der Waals surface area contributed by atoms with Gasteiger partial charge in [0.25, 0.3) is 0 Å². The predicted octanol–water partition coefficient (Wildman–Crippen LogP) is 3.71. The molecule has 0 radical (unpaired) electrons. The molecule has 0 spiro atoms. The Morgan fingerprint density at radius 2 is 2.21 bits per heavy atom. The monoisotopic (exact) mass is 275 g/mol. The molecule has 1 aromatic carbocycles. The second kappa shape index (κ2) is 4.99. The maximum atomic E-state index is 6.19. The van der Waals surface area contributed by atoms with E-state index in [0.717, 1.165) is 41.1 Å². The summed E-state index contributed by atoms with van der Waals surface area (Å²) in [6.07, 6.45) is 3.39. The number of aromatic amines is 1. The fraction of sp³-hybridized carbons (Fsp3) is 0.400. The molecule has 0 amide bonds. The molecular weight excluding hydrogens is 258 g/mol. The summed E-state index contributed by atoms with van der Waals surface area (Å²) in [6, 6.07) is 6.52. The Bertz CT molecular complexity index is 627. The van der Waals surface area contributed by atoms with Gasteiger partial charge in [0.1, 0.15) is 0 Å². The van der Waals surface area contributed by atoms with Crippen LogP contribution in [0.4, 0.5) is 0 Å². The number of para-hydroxylation sites is 1. The van der Waals surface area contributed by atoms with E-state index >= 15 is 0 Å². The zero-order chi connectivity index (χ0) is 13.4. The molecule has 100 valence electrons. The Morgan fingerprint density at radius 3 is 3.00 bits per heavy atom. The topological polar surface area (TPSA) is 31.9 Å². The molecule has 0 atom stereocenters. The molecule has 0 unspecified atom stereocenters. The third-order valence-electron chi connectivity index (χ3n) is 3.76. The van der Waals surface area contributed by atoms with Crippen LogP contribution >= 0.6 is 11.6 Å². The van der Waals surface area contributed by atoms with Gasteiger partial charge in [0.2, 0.25) is 0 Å². The molecule has 2 heterocycles. The van der Waals surface area contributed by atoms with Gasteiger partial charge in [-0.25, -0.2) is 0 Å². The molecular formula is C15H18ClN3. The van der Waals surface area contributed by atoms with Crippen molar-refractivity contribution in [2.24, 2.45) is 0 Å². The van der Waals surface area contributed by atoms with Crippen molar-refractivity contribution in [3.05, 3.63) is 35.0 Å². The van der Waals surface area contributed by atoms with Gasteiger partial charge in [-0.3, -0.25) is 10.00 Å². The number of rotatable bonds is 2. The number of nitrogens with one attached hydrogen (secondary N) is 1. The molecule has 0 bridgehead atoms. The quantitative estimate of drug-likeness (QED) is 0.906. The summed E-state index contributed by atoms with van der Waals surface area (Å²) in [5.41, 5.74) is 3.28. The molecule has 1 aromatic heterocycles. The van der Waals surface area contributed by atoms with Crippen LogP contribution in [0, 0.1) is 0 Å². The standard InChI is InChI=1S/C15H18ClN3/c1-10(2)19-8-4-5-11(9-19)14-12-6-3-7-13(16)15(12)18-17-14/h3,5-7,10H,4,8-9H2,1-2H3,(H,17,18). The highest BCUT2D eigenvalue weighted by atomic mass is 35.5. The third-order valence-corrected chi connectivity index (χ3v) is 4.08. The lowest BCUT2D eigenvalue weighted by atomic mass is 10.0. The first kappa shape index (κ1) is 12.7. The van der Waals surface area contributed by atoms with Crippen molar-refractivity contribution in [1.29, 1.82) is 0 Å². The van der Waals surface area contributed by atoms with Gasteiger partial charge < -0.3 is 0 Å². The van der Waals surface area contributed by atoms with Crippen molar-refractivity contribution >= 4 is 28.1 Å². The van der Waals surface area contributed by atoms with Crippen molar-refractivity contribution in [2.45, 2.75) is 26.3 Å². The maximum absolute atomic E-state index is 6.19. The Morgan fingerprint density at radius 1 is 1.37 bits per heavy atom. The van der Waals surface area contributed by atoms with Crippen molar-refractivity contribution in [3.63, 3.8) is 0 Å². The first-order valence-electron chi connectivity index (χ1n) is 6.73. The molecule has 0 saturated heterocycles. The van der Waals surface area contributed by atoms with E-state index in [9.17, 15) is 0 Å². The molecule has 2 aromatic rings. The number of nitrogens with zero attached hydrogens (tertiary/aromatic N) is 2. The van der Waals surface area contributed by atoms with Crippen molar-refractivity contribution < 1.29 is 0 Å². The van der Waals surface area contributed by atoms with E-state index in [1.807, 2.05) is 12.1 Å². The van der Waals surface area contributed by atoms with Gasteiger partial charge in [-0.15, -0.1) is 0 Å². The van der Waals surface area contributed by atoms with Crippen LogP contribution in [-0.2, 0) is 0 Å². The Kier molecular flexibility index (Phi) is 3.33. The largest absolute Gasteiger partial charge is 0.296 e. The van der Waals surface area contributed by atoms with Crippen LogP contribution in [0.25, 0.3) is 16.5 Å². The van der Waals surface area contributed by atoms with E-state index in [-0.39, 0.29) is 0 Å². The molecule has 3 rings (SSSR count). The molecule has 0 aliphatic carbocycles. The van der Waals surface area contributed by atoms with Gasteiger partial charge in [-0.1, -0.05) is 29.8 Å². The average molecular weight is 276 g/mol. The summed E-state index contributed by atoms with van der Waals surface area (Å²) < 4.78 is 0. The zero-order valence-electron chi connectivity index (χ0n) is 11.3. The van der Waals surface area contributed by atoms with Crippen molar-refractivity contribution in [2.75, 3.05) is 13.1 Å². The fourth-order valence-electron chi connectivity index (χ4n) is 2.63. The number of hydrogen-bond acceptors (Lipinski definition) is 2. The molecule has 4 heteroatoms. The van der Waals surface area contributed by atoms with Crippen LogP contribution in [0.5, 0.6) is 0 Å². The average Bonchev–Trinajstić information content (AvgIpc) is 2.84. The zero-order valence-corrected chi connectivity index (χ0v) is 12.0. The minimum absolute atomic E-state index is 0.567. The molecule has 3 nitrogen and oxygen atoms in total. The SMILES string of the molecule is CC(C)N1CCC=C(c2n[nH]c3c(Cl)cccc23)C1. The number of benzene rings is 1. The highest BCUT2D eigenvalue weighted by molar-refractivity contribution is 6.35. The van der Waals surface area contributed by atoms with Gasteiger partial charge in [-0.05, 0) is 31.9 Å². The lowest BCUT2D eigenvalue weighted by molar-refractivity contribution is 0.247. The second-order valence-electron chi connectivity index (χ2n) is 5.32. The molecule has 0 fully saturated rings. The van der Waals surface area contributed by atoms with Gasteiger partial charge in [0, 0.05) is 24.5 Å². The lowest BCUT2D eigenvalue weighted by Gasteiger charge is -2.30. The first-order valence-corrected chi connectivity index (χ1v) is 7.10. The fourth-order valence-corrected chi connectivity index (χ4v) is 2.85. The summed E-state index contributed by atoms with van der Waals surface area (Å²) in [4.78, 5) is 2.47. The van der Waals surface area contributed by atoms with Gasteiger partial charge >= 0.3 is 0 Å². The highest BCUT2D eigenvalue weighted by Gasteiger charge is 2.19. The van der Waals surface area contributed by atoms with Crippen LogP contribution in [0.2, 0.25) is 5.02 Å². The molecule has 1 N–H and O–H groups in total. The maximum Gasteiger partial charge on any atom is 0.0969 e. The summed E-state index contributed by atoms with van der Waals surface area (Å²) in [5, 5.41) is 9.37. The Balaban J connectivity index is 2.01. The summed E-state index contributed by atoms with van der Waals surface area (Å²) in [6.45, 7) is 6.57. The second-order valence-corrected chi connectivity index (χ2v) is 5.72. The van der Waals surface area contributed by atoms with E-state index in [0.29, 0.717) is 6.04 Å². The third kappa shape index (κ3) is 2.28. The summed E-state index contributed by atoms with van der Waals surface area (Å²) in [7, 11) is 0. The number of halogens is 1. The lowest BCUT2D eigenvalue weighted by Crippen LogP contribution is -2.35. The van der Waals surface area contributed by atoms with Crippen LogP contribution in [-0.4, -0.2) is 34.2 Å².